The van der Waals surface area contributed by atoms with Crippen molar-refractivity contribution >= 4 is 30.4 Å². The van der Waals surface area contributed by atoms with E-state index in [1.165, 1.54) is 36.4 Å². The zero-order valence-corrected chi connectivity index (χ0v) is 26.8. The lowest BCUT2D eigenvalue weighted by Gasteiger charge is -2.26. The van der Waals surface area contributed by atoms with E-state index in [-0.39, 0.29) is 34.5 Å². The molecule has 3 aromatic rings. The predicted molar refractivity (Wildman–Crippen MR) is 162 cm³/mol. The van der Waals surface area contributed by atoms with Gasteiger partial charge in [0.2, 0.25) is 0 Å². The first-order chi connectivity index (χ1) is 19.7. The van der Waals surface area contributed by atoms with E-state index in [9.17, 15) is 25.3 Å². The summed E-state index contributed by atoms with van der Waals surface area (Å²) >= 11 is 0. The lowest BCUT2D eigenvalue weighted by Crippen LogP contribution is -2.33. The number of aliphatic hydroxyl groups excluding tert-OH is 3. The molecule has 0 saturated carbocycles. The van der Waals surface area contributed by atoms with Gasteiger partial charge in [0.05, 0.1) is 34.5 Å². The molecule has 0 aliphatic heterocycles. The molecule has 0 saturated heterocycles. The number of hydrogen-bond acceptors (Lipinski definition) is 9. The summed E-state index contributed by atoms with van der Waals surface area (Å²) in [5.74, 6) is 0. The number of aliphatic hydroxyl groups is 3. The Kier molecular flexibility index (Phi) is 17.0. The SMILES string of the molecule is CCCC(CO)(CO)CO.Cc1ccc(S(=O)(=O)O)cc1.Cc1ccc(S(=O)(=O)O)cc1.Cc1ccc(S(=O)(=O)O)cc1. The highest BCUT2D eigenvalue weighted by molar-refractivity contribution is 7.86. The molecule has 0 atom stereocenters. The second kappa shape index (κ2) is 18.2. The molecule has 6 N–H and O–H groups in total. The van der Waals surface area contributed by atoms with Crippen LogP contribution >= 0.6 is 0 Å². The lowest BCUT2D eigenvalue weighted by atomic mass is 9.86. The van der Waals surface area contributed by atoms with Crippen molar-refractivity contribution in [3.05, 3.63) is 89.5 Å². The molecule has 0 aromatic heterocycles. The number of rotatable bonds is 8. The van der Waals surface area contributed by atoms with Gasteiger partial charge in [-0.15, -0.1) is 0 Å². The predicted octanol–water partition coefficient (Wildman–Crippen LogP) is 3.47. The fourth-order valence-corrected chi connectivity index (χ4v) is 4.49. The van der Waals surface area contributed by atoms with Crippen LogP contribution in [0.3, 0.4) is 0 Å². The first kappa shape index (κ1) is 40.3. The van der Waals surface area contributed by atoms with E-state index in [4.69, 9.17) is 29.0 Å². The van der Waals surface area contributed by atoms with Crippen LogP contribution in [0.1, 0.15) is 36.5 Å². The first-order valence-corrected chi connectivity index (χ1v) is 17.0. The van der Waals surface area contributed by atoms with Gasteiger partial charge in [-0.25, -0.2) is 0 Å². The fraction of sp³-hybridized carbons (Fsp3) is 0.357. The molecule has 0 bridgehead atoms. The van der Waals surface area contributed by atoms with Crippen molar-refractivity contribution < 1.29 is 54.2 Å². The molecule has 0 unspecified atom stereocenters. The van der Waals surface area contributed by atoms with Crippen molar-refractivity contribution in [2.75, 3.05) is 19.8 Å². The second-order valence-electron chi connectivity index (χ2n) is 9.59. The van der Waals surface area contributed by atoms with Gasteiger partial charge in [-0.3, -0.25) is 13.7 Å². The summed E-state index contributed by atoms with van der Waals surface area (Å²) in [6, 6.07) is 18.0. The average Bonchev–Trinajstić information content (AvgIpc) is 2.92. The lowest BCUT2D eigenvalue weighted by molar-refractivity contribution is -0.00101. The van der Waals surface area contributed by atoms with Crippen molar-refractivity contribution in [2.45, 2.75) is 55.2 Å². The van der Waals surface area contributed by atoms with Crippen LogP contribution in [0, 0.1) is 26.2 Å². The number of hydrogen-bond donors (Lipinski definition) is 6. The van der Waals surface area contributed by atoms with Crippen LogP contribution in [-0.2, 0) is 30.4 Å². The van der Waals surface area contributed by atoms with Crippen molar-refractivity contribution in [3.63, 3.8) is 0 Å². The van der Waals surface area contributed by atoms with E-state index in [2.05, 4.69) is 0 Å². The van der Waals surface area contributed by atoms with Crippen LogP contribution in [0.5, 0.6) is 0 Å². The van der Waals surface area contributed by atoms with Crippen LogP contribution in [0.15, 0.2) is 87.5 Å². The Balaban J connectivity index is 0.000000548. The molecule has 0 heterocycles. The highest BCUT2D eigenvalue weighted by atomic mass is 32.2. The Morgan fingerprint density at radius 2 is 0.698 bits per heavy atom. The summed E-state index contributed by atoms with van der Waals surface area (Å²) in [4.78, 5) is -0.200. The Bertz CT molecular complexity index is 1360. The highest BCUT2D eigenvalue weighted by Crippen LogP contribution is 2.21. The molecule has 43 heavy (non-hydrogen) atoms. The summed E-state index contributed by atoms with van der Waals surface area (Å²) in [5, 5.41) is 26.4. The maximum Gasteiger partial charge on any atom is 0.294 e. The first-order valence-electron chi connectivity index (χ1n) is 12.7. The van der Waals surface area contributed by atoms with E-state index in [0.717, 1.165) is 23.1 Å². The van der Waals surface area contributed by atoms with Gasteiger partial charge in [-0.1, -0.05) is 66.4 Å². The summed E-state index contributed by atoms with van der Waals surface area (Å²) in [7, 11) is -12.1. The molecule has 12 nitrogen and oxygen atoms in total. The molecule has 0 spiro atoms. The van der Waals surface area contributed by atoms with E-state index in [0.29, 0.717) is 6.42 Å². The van der Waals surface area contributed by atoms with Gasteiger partial charge in [0, 0.05) is 5.41 Å². The number of aryl methyl sites for hydroxylation is 3. The summed E-state index contributed by atoms with van der Waals surface area (Å²) in [6.45, 7) is 7.04. The summed E-state index contributed by atoms with van der Waals surface area (Å²) in [6.07, 6.45) is 1.53. The van der Waals surface area contributed by atoms with Crippen molar-refractivity contribution in [3.8, 4) is 0 Å². The molecule has 3 rings (SSSR count). The minimum atomic E-state index is -4.02. The Hall–Kier alpha value is -2.73. The normalized spacial score (nSPS) is 11.6. The Morgan fingerprint density at radius 1 is 0.488 bits per heavy atom. The summed E-state index contributed by atoms with van der Waals surface area (Å²) in [5.41, 5.74) is 2.21. The van der Waals surface area contributed by atoms with Gasteiger partial charge in [0.1, 0.15) is 0 Å². The molecule has 0 aliphatic rings. The molecule has 3 aromatic carbocycles. The third kappa shape index (κ3) is 16.1. The highest BCUT2D eigenvalue weighted by Gasteiger charge is 2.26. The van der Waals surface area contributed by atoms with E-state index in [1.54, 1.807) is 36.4 Å². The second-order valence-corrected chi connectivity index (χ2v) is 13.9. The zero-order chi connectivity index (χ0) is 33.5. The van der Waals surface area contributed by atoms with Crippen molar-refractivity contribution in [2.24, 2.45) is 5.41 Å². The quantitative estimate of drug-likeness (QED) is 0.190. The fourth-order valence-electron chi connectivity index (χ4n) is 3.05. The molecule has 0 amide bonds. The molecule has 242 valence electrons. The van der Waals surface area contributed by atoms with E-state index in [1.807, 2.05) is 27.7 Å². The third-order valence-electron chi connectivity index (χ3n) is 5.74. The standard InChI is InChI=1S/3C7H8O3S.C7H16O3/c3*1-6-2-4-7(5-3-6)11(8,9)10;1-2-3-7(4-8,5-9)6-10/h3*2-5H,1H3,(H,8,9,10);8-10H,2-6H2,1H3. The third-order valence-corrected chi connectivity index (χ3v) is 8.35. The maximum absolute atomic E-state index is 10.5. The largest absolute Gasteiger partial charge is 0.396 e. The van der Waals surface area contributed by atoms with Gasteiger partial charge in [0.15, 0.2) is 0 Å². The maximum atomic E-state index is 10.5. The smallest absolute Gasteiger partial charge is 0.294 e. The minimum Gasteiger partial charge on any atom is -0.396 e. The van der Waals surface area contributed by atoms with Crippen LogP contribution in [0.4, 0.5) is 0 Å². The van der Waals surface area contributed by atoms with Gasteiger partial charge < -0.3 is 15.3 Å². The average molecular weight is 665 g/mol. The van der Waals surface area contributed by atoms with Gasteiger partial charge in [-0.2, -0.15) is 25.3 Å². The van der Waals surface area contributed by atoms with Crippen LogP contribution in [-0.4, -0.2) is 74.1 Å². The van der Waals surface area contributed by atoms with Gasteiger partial charge in [0.25, 0.3) is 30.4 Å². The zero-order valence-electron chi connectivity index (χ0n) is 24.3. The Labute approximate surface area is 253 Å². The minimum absolute atomic E-state index is 0.0666. The molecule has 0 aliphatic carbocycles. The van der Waals surface area contributed by atoms with Gasteiger partial charge >= 0.3 is 0 Å². The monoisotopic (exact) mass is 664 g/mol. The summed E-state index contributed by atoms with van der Waals surface area (Å²) < 4.78 is 88.7. The molecular weight excluding hydrogens is 624 g/mol. The number of benzene rings is 3. The molecule has 15 heteroatoms. The topological polar surface area (TPSA) is 224 Å². The van der Waals surface area contributed by atoms with Crippen LogP contribution in [0.25, 0.3) is 0 Å². The van der Waals surface area contributed by atoms with Crippen LogP contribution < -0.4 is 0 Å². The molecule has 0 radical (unpaired) electrons. The van der Waals surface area contributed by atoms with Crippen molar-refractivity contribution in [1.82, 2.24) is 0 Å². The van der Waals surface area contributed by atoms with Crippen LogP contribution in [0.2, 0.25) is 0 Å². The Morgan fingerprint density at radius 3 is 0.814 bits per heavy atom. The molecule has 0 fully saturated rings. The molecular formula is C28H40O12S3. The van der Waals surface area contributed by atoms with Crippen molar-refractivity contribution in [1.29, 1.82) is 0 Å². The van der Waals surface area contributed by atoms with E-state index < -0.39 is 35.8 Å². The van der Waals surface area contributed by atoms with Gasteiger partial charge in [-0.05, 0) is 63.6 Å². The van der Waals surface area contributed by atoms with E-state index >= 15 is 0 Å².